The van der Waals surface area contributed by atoms with Gasteiger partial charge in [0, 0.05) is 57.0 Å². The molecule has 0 spiro atoms. The third-order valence-corrected chi connectivity index (χ3v) is 5.78. The first kappa shape index (κ1) is 15.3. The zero-order valence-electron chi connectivity index (χ0n) is 13.9. The summed E-state index contributed by atoms with van der Waals surface area (Å²) in [5.41, 5.74) is 0.311. The van der Waals surface area contributed by atoms with Crippen LogP contribution in [-0.4, -0.2) is 61.1 Å². The topological polar surface area (TPSA) is 32.8 Å². The van der Waals surface area contributed by atoms with Crippen molar-refractivity contribution < 1.29 is 9.53 Å². The molecule has 120 valence electrons. The molecule has 4 aliphatic heterocycles. The molecule has 0 aromatic carbocycles. The van der Waals surface area contributed by atoms with Crippen molar-refractivity contribution in [1.82, 2.24) is 9.80 Å². The Morgan fingerprint density at radius 1 is 1.00 bits per heavy atom. The summed E-state index contributed by atoms with van der Waals surface area (Å²) in [5.74, 6) is -0.0953. The highest BCUT2D eigenvalue weighted by molar-refractivity contribution is 5.66. The Bertz CT molecular complexity index is 368. The van der Waals surface area contributed by atoms with Crippen LogP contribution >= 0.6 is 0 Å². The molecule has 21 heavy (non-hydrogen) atoms. The molecule has 4 saturated heterocycles. The number of carbonyl (C=O) groups excluding carboxylic acids is 1. The Morgan fingerprint density at radius 3 is 1.76 bits per heavy atom. The molecule has 4 rings (SSSR count). The van der Waals surface area contributed by atoms with Gasteiger partial charge in [-0.05, 0) is 12.8 Å². The van der Waals surface area contributed by atoms with Gasteiger partial charge in [-0.1, -0.05) is 26.7 Å². The second-order valence-electron chi connectivity index (χ2n) is 7.64. The number of hydrogen-bond donors (Lipinski definition) is 0. The van der Waals surface area contributed by atoms with E-state index in [1.165, 1.54) is 38.8 Å². The quantitative estimate of drug-likeness (QED) is 0.727. The van der Waals surface area contributed by atoms with Crippen LogP contribution in [0.25, 0.3) is 0 Å². The molecule has 0 amide bonds. The van der Waals surface area contributed by atoms with E-state index in [4.69, 9.17) is 4.74 Å². The van der Waals surface area contributed by atoms with Gasteiger partial charge in [-0.3, -0.25) is 4.79 Å². The largest absolute Gasteiger partial charge is 0.461 e. The van der Waals surface area contributed by atoms with Gasteiger partial charge >= 0.3 is 5.97 Å². The molecular weight excluding hydrogens is 264 g/mol. The van der Waals surface area contributed by atoms with E-state index in [9.17, 15) is 4.79 Å². The minimum atomic E-state index is -0.0953. The van der Waals surface area contributed by atoms with Crippen molar-refractivity contribution in [3.05, 3.63) is 0 Å². The van der Waals surface area contributed by atoms with Crippen molar-refractivity contribution in [1.29, 1.82) is 0 Å². The van der Waals surface area contributed by atoms with Crippen LogP contribution in [0.1, 0.15) is 46.5 Å². The van der Waals surface area contributed by atoms with Gasteiger partial charge in [0.2, 0.25) is 0 Å². The van der Waals surface area contributed by atoms with E-state index in [1.807, 2.05) is 0 Å². The summed E-state index contributed by atoms with van der Waals surface area (Å²) in [4.78, 5) is 17.1. The van der Waals surface area contributed by atoms with Crippen molar-refractivity contribution >= 4 is 5.97 Å². The first-order chi connectivity index (χ1) is 10.0. The Labute approximate surface area is 128 Å². The molecule has 0 aromatic heterocycles. The fourth-order valence-corrected chi connectivity index (χ4v) is 5.56. The molecule has 4 heterocycles. The summed E-state index contributed by atoms with van der Waals surface area (Å²) in [6.45, 7) is 12.9. The van der Waals surface area contributed by atoms with Crippen molar-refractivity contribution in [2.24, 2.45) is 10.8 Å². The number of hydrogen-bond acceptors (Lipinski definition) is 4. The summed E-state index contributed by atoms with van der Waals surface area (Å²) in [7, 11) is 0. The molecule has 4 bridgehead atoms. The standard InChI is InChI=1S/C17H30N2O2/c1-4-6-16-10-18-8-9-19(11-16)13-17(12-18,7-5-2)15(16)21-14(3)20/h15H,4-13H2,1-3H3. The van der Waals surface area contributed by atoms with E-state index in [0.29, 0.717) is 0 Å². The van der Waals surface area contributed by atoms with E-state index in [1.54, 1.807) is 6.92 Å². The third kappa shape index (κ3) is 2.50. The summed E-state index contributed by atoms with van der Waals surface area (Å²) in [5, 5.41) is 0. The molecule has 4 fully saturated rings. The molecule has 0 aromatic rings. The highest BCUT2D eigenvalue weighted by atomic mass is 16.5. The van der Waals surface area contributed by atoms with E-state index >= 15 is 0 Å². The molecule has 4 nitrogen and oxygen atoms in total. The molecule has 0 atom stereocenters. The molecule has 0 unspecified atom stereocenters. The lowest BCUT2D eigenvalue weighted by atomic mass is 9.58. The van der Waals surface area contributed by atoms with Gasteiger partial charge in [-0.15, -0.1) is 0 Å². The lowest BCUT2D eigenvalue weighted by Gasteiger charge is -2.60. The van der Waals surface area contributed by atoms with Crippen molar-refractivity contribution in [3.8, 4) is 0 Å². The van der Waals surface area contributed by atoms with Crippen LogP contribution in [0.5, 0.6) is 0 Å². The Balaban J connectivity index is 2.01. The summed E-state index contributed by atoms with van der Waals surface area (Å²) in [6.07, 6.45) is 4.80. The number of nitrogens with zero attached hydrogens (tertiary/aromatic N) is 2. The van der Waals surface area contributed by atoms with E-state index in [0.717, 1.165) is 26.2 Å². The summed E-state index contributed by atoms with van der Waals surface area (Å²) in [6, 6.07) is 0. The summed E-state index contributed by atoms with van der Waals surface area (Å²) < 4.78 is 6.00. The highest BCUT2D eigenvalue weighted by Crippen LogP contribution is 2.53. The fraction of sp³-hybridized carbons (Fsp3) is 0.941. The second kappa shape index (κ2) is 5.54. The van der Waals surface area contributed by atoms with Gasteiger partial charge in [0.1, 0.15) is 6.10 Å². The van der Waals surface area contributed by atoms with Crippen molar-refractivity contribution in [3.63, 3.8) is 0 Å². The van der Waals surface area contributed by atoms with Gasteiger partial charge in [-0.25, -0.2) is 0 Å². The van der Waals surface area contributed by atoms with Gasteiger partial charge in [0.15, 0.2) is 0 Å². The number of fused-ring (bicyclic) bond motifs is 1. The molecule has 4 heteroatoms. The molecular formula is C17H30N2O2. The number of rotatable bonds is 5. The zero-order valence-corrected chi connectivity index (χ0v) is 13.9. The number of carbonyl (C=O) groups is 1. The van der Waals surface area contributed by atoms with Crippen LogP contribution in [0.2, 0.25) is 0 Å². The minimum Gasteiger partial charge on any atom is -0.461 e. The van der Waals surface area contributed by atoms with Crippen LogP contribution in [0, 0.1) is 10.8 Å². The van der Waals surface area contributed by atoms with Crippen LogP contribution in [-0.2, 0) is 9.53 Å². The average molecular weight is 294 g/mol. The first-order valence-corrected chi connectivity index (χ1v) is 8.65. The van der Waals surface area contributed by atoms with Crippen molar-refractivity contribution in [2.45, 2.75) is 52.6 Å². The van der Waals surface area contributed by atoms with Crippen LogP contribution in [0.4, 0.5) is 0 Å². The maximum atomic E-state index is 11.8. The molecule has 0 radical (unpaired) electrons. The van der Waals surface area contributed by atoms with Crippen LogP contribution in [0.3, 0.4) is 0 Å². The van der Waals surface area contributed by atoms with E-state index in [-0.39, 0.29) is 22.9 Å². The third-order valence-electron chi connectivity index (χ3n) is 5.78. The fourth-order valence-electron chi connectivity index (χ4n) is 5.56. The maximum absolute atomic E-state index is 11.8. The molecule has 0 aliphatic carbocycles. The molecule has 0 saturated carbocycles. The highest BCUT2D eigenvalue weighted by Gasteiger charge is 2.62. The van der Waals surface area contributed by atoms with Crippen LogP contribution < -0.4 is 0 Å². The number of ether oxygens (including phenoxy) is 1. The monoisotopic (exact) mass is 294 g/mol. The Morgan fingerprint density at radius 2 is 1.43 bits per heavy atom. The molecule has 4 aliphatic rings. The van der Waals surface area contributed by atoms with Crippen molar-refractivity contribution in [2.75, 3.05) is 39.3 Å². The number of piperidine rings is 2. The SMILES string of the molecule is CCCC12CN3CCN(C1)CC(CCC)(C3)C2OC(C)=O. The van der Waals surface area contributed by atoms with E-state index < -0.39 is 0 Å². The lowest BCUT2D eigenvalue weighted by molar-refractivity contribution is -0.204. The van der Waals surface area contributed by atoms with Gasteiger partial charge in [0.25, 0.3) is 0 Å². The minimum absolute atomic E-state index is 0.0953. The first-order valence-electron chi connectivity index (χ1n) is 8.65. The smallest absolute Gasteiger partial charge is 0.302 e. The zero-order chi connectivity index (χ0) is 15.1. The van der Waals surface area contributed by atoms with Gasteiger partial charge < -0.3 is 14.5 Å². The van der Waals surface area contributed by atoms with Crippen LogP contribution in [0.15, 0.2) is 0 Å². The molecule has 0 N–H and O–H groups in total. The number of esters is 1. The predicted octanol–water partition coefficient (Wildman–Crippen LogP) is 2.14. The lowest BCUT2D eigenvalue weighted by Crippen LogP contribution is -2.70. The average Bonchev–Trinajstić information content (AvgIpc) is 2.61. The van der Waals surface area contributed by atoms with E-state index in [2.05, 4.69) is 23.6 Å². The van der Waals surface area contributed by atoms with Gasteiger partial charge in [0.05, 0.1) is 0 Å². The van der Waals surface area contributed by atoms with Gasteiger partial charge in [-0.2, -0.15) is 0 Å². The second-order valence-corrected chi connectivity index (χ2v) is 7.64. The maximum Gasteiger partial charge on any atom is 0.302 e. The Kier molecular flexibility index (Phi) is 4.04. The Hall–Kier alpha value is -0.610. The predicted molar refractivity (Wildman–Crippen MR) is 83.1 cm³/mol. The normalized spacial score (nSPS) is 44.6. The summed E-state index contributed by atoms with van der Waals surface area (Å²) >= 11 is 0.